The quantitative estimate of drug-likeness (QED) is 0.702. The summed E-state index contributed by atoms with van der Waals surface area (Å²) in [5.74, 6) is -2.86. The van der Waals surface area contributed by atoms with Gasteiger partial charge in [-0.1, -0.05) is 60.3 Å². The van der Waals surface area contributed by atoms with Crippen LogP contribution in [-0.4, -0.2) is 25.2 Å². The lowest BCUT2D eigenvalue weighted by Crippen LogP contribution is -2.20. The van der Waals surface area contributed by atoms with Crippen LogP contribution >= 0.6 is 11.8 Å². The third-order valence-electron chi connectivity index (χ3n) is 3.40. The molecule has 2 aromatic carbocycles. The van der Waals surface area contributed by atoms with Gasteiger partial charge in [0.05, 0.1) is 10.6 Å². The highest BCUT2D eigenvalue weighted by atomic mass is 32.2. The van der Waals surface area contributed by atoms with Crippen LogP contribution in [0.2, 0.25) is 0 Å². The monoisotopic (exact) mass is 356 g/mol. The van der Waals surface area contributed by atoms with E-state index in [1.165, 1.54) is 12.1 Å². The maximum Gasteiger partial charge on any atom is 0.284 e. The molecule has 23 heavy (non-hydrogen) atoms. The molecule has 2 rings (SSSR count). The van der Waals surface area contributed by atoms with E-state index in [1.54, 1.807) is 18.2 Å². The van der Waals surface area contributed by atoms with E-state index in [1.807, 2.05) is 30.3 Å². The lowest BCUT2D eigenvalue weighted by molar-refractivity contribution is 0.251. The topological polar surface area (TPSA) is 34.1 Å². The molecule has 1 unspecified atom stereocenters. The highest BCUT2D eigenvalue weighted by Gasteiger charge is 2.24. The molecule has 0 saturated carbocycles. The second kappa shape index (κ2) is 8.45. The zero-order valence-electron chi connectivity index (χ0n) is 12.4. The summed E-state index contributed by atoms with van der Waals surface area (Å²) in [7, 11) is -3.56. The molecule has 2 nitrogen and oxygen atoms in total. The fraction of sp³-hybridized carbons (Fsp3) is 0.294. The third-order valence-corrected chi connectivity index (χ3v) is 6.44. The molecule has 0 aromatic heterocycles. The molecule has 0 spiro atoms. The average Bonchev–Trinajstić information content (AvgIpc) is 2.54. The molecule has 0 radical (unpaired) electrons. The Balaban J connectivity index is 2.06. The van der Waals surface area contributed by atoms with Gasteiger partial charge in [0.15, 0.2) is 9.84 Å². The smallest absolute Gasteiger partial charge is 0.224 e. The lowest BCUT2D eigenvalue weighted by Gasteiger charge is -2.16. The van der Waals surface area contributed by atoms with Gasteiger partial charge in [-0.25, -0.2) is 8.42 Å². The van der Waals surface area contributed by atoms with Gasteiger partial charge in [0.25, 0.3) is 5.76 Å². The molecule has 0 N–H and O–H groups in total. The molecule has 0 heterocycles. The average molecular weight is 356 g/mol. The summed E-state index contributed by atoms with van der Waals surface area (Å²) in [4.78, 5) is 0.180. The number of rotatable bonds is 8. The van der Waals surface area contributed by atoms with Gasteiger partial charge < -0.3 is 0 Å². The Morgan fingerprint density at radius 3 is 2.04 bits per heavy atom. The maximum absolute atomic E-state index is 12.8. The maximum atomic E-state index is 12.8. The van der Waals surface area contributed by atoms with Crippen LogP contribution in [0.1, 0.15) is 12.0 Å². The van der Waals surface area contributed by atoms with Crippen LogP contribution in [0.4, 0.5) is 8.78 Å². The first-order valence-electron chi connectivity index (χ1n) is 7.23. The molecule has 124 valence electrons. The fourth-order valence-electron chi connectivity index (χ4n) is 2.28. The van der Waals surface area contributed by atoms with Crippen molar-refractivity contribution in [3.63, 3.8) is 0 Å². The van der Waals surface area contributed by atoms with Crippen LogP contribution in [0.25, 0.3) is 0 Å². The van der Waals surface area contributed by atoms with E-state index >= 15 is 0 Å². The van der Waals surface area contributed by atoms with Crippen molar-refractivity contribution in [2.75, 3.05) is 5.75 Å². The first kappa shape index (κ1) is 17.9. The standard InChI is InChI=1S/C17H18F2O2S2/c18-17(19)22-15(12-11-14-7-3-1-4-8-14)13-23(20,21)16-9-5-2-6-10-16/h1-10,15,17H,11-13H2. The molecular formula is C17H18F2O2S2. The van der Waals surface area contributed by atoms with E-state index in [2.05, 4.69) is 0 Å². The summed E-state index contributed by atoms with van der Waals surface area (Å²) < 4.78 is 50.3. The summed E-state index contributed by atoms with van der Waals surface area (Å²) in [6, 6.07) is 17.4. The Morgan fingerprint density at radius 2 is 1.48 bits per heavy atom. The third kappa shape index (κ3) is 5.95. The van der Waals surface area contributed by atoms with Gasteiger partial charge >= 0.3 is 0 Å². The normalized spacial score (nSPS) is 13.2. The zero-order valence-corrected chi connectivity index (χ0v) is 14.1. The van der Waals surface area contributed by atoms with Crippen LogP contribution in [0.5, 0.6) is 0 Å². The van der Waals surface area contributed by atoms with Gasteiger partial charge in [0.1, 0.15) is 0 Å². The van der Waals surface area contributed by atoms with Crippen molar-refractivity contribution >= 4 is 21.6 Å². The van der Waals surface area contributed by atoms with Crippen molar-refractivity contribution in [3.05, 3.63) is 66.2 Å². The molecule has 2 aromatic rings. The van der Waals surface area contributed by atoms with Crippen molar-refractivity contribution in [1.82, 2.24) is 0 Å². The van der Waals surface area contributed by atoms with Gasteiger partial charge in [0.2, 0.25) is 0 Å². The first-order valence-corrected chi connectivity index (χ1v) is 9.82. The first-order chi connectivity index (χ1) is 11.0. The van der Waals surface area contributed by atoms with Crippen molar-refractivity contribution < 1.29 is 17.2 Å². The minimum atomic E-state index is -3.56. The number of halogens is 2. The summed E-state index contributed by atoms with van der Waals surface area (Å²) in [5.41, 5.74) is 1.02. The van der Waals surface area contributed by atoms with Gasteiger partial charge in [-0.2, -0.15) is 8.78 Å². The second-order valence-corrected chi connectivity index (χ2v) is 8.47. The van der Waals surface area contributed by atoms with Crippen molar-refractivity contribution in [2.24, 2.45) is 0 Å². The number of alkyl halides is 2. The van der Waals surface area contributed by atoms with Gasteiger partial charge in [-0.3, -0.25) is 0 Å². The number of hydrogen-bond donors (Lipinski definition) is 0. The van der Waals surface area contributed by atoms with Crippen LogP contribution in [0.15, 0.2) is 65.6 Å². The van der Waals surface area contributed by atoms with E-state index in [9.17, 15) is 17.2 Å². The molecular weight excluding hydrogens is 338 g/mol. The highest BCUT2D eigenvalue weighted by molar-refractivity contribution is 8.01. The predicted molar refractivity (Wildman–Crippen MR) is 90.6 cm³/mol. The molecule has 0 fully saturated rings. The van der Waals surface area contributed by atoms with E-state index in [0.29, 0.717) is 24.6 Å². The molecule has 0 aliphatic rings. The SMILES string of the molecule is O=S(=O)(CC(CCc1ccccc1)SC(F)F)c1ccccc1. The van der Waals surface area contributed by atoms with Crippen molar-refractivity contribution in [3.8, 4) is 0 Å². The van der Waals surface area contributed by atoms with E-state index in [0.717, 1.165) is 5.56 Å². The molecule has 0 amide bonds. The Morgan fingerprint density at radius 1 is 0.913 bits per heavy atom. The summed E-state index contributed by atoms with van der Waals surface area (Å²) in [6.45, 7) is 0. The summed E-state index contributed by atoms with van der Waals surface area (Å²) in [6.07, 6.45) is 0.973. The Kier molecular flexibility index (Phi) is 6.59. The molecule has 0 aliphatic carbocycles. The number of sulfone groups is 1. The van der Waals surface area contributed by atoms with E-state index in [4.69, 9.17) is 0 Å². The molecule has 1 atom stereocenters. The van der Waals surface area contributed by atoms with Crippen LogP contribution in [0.3, 0.4) is 0 Å². The minimum absolute atomic E-state index is 0.180. The summed E-state index contributed by atoms with van der Waals surface area (Å²) >= 11 is 0.428. The van der Waals surface area contributed by atoms with Gasteiger partial charge in [0, 0.05) is 5.25 Å². The van der Waals surface area contributed by atoms with Gasteiger partial charge in [-0.15, -0.1) is 0 Å². The van der Waals surface area contributed by atoms with E-state index < -0.39 is 20.8 Å². The number of benzene rings is 2. The second-order valence-electron chi connectivity index (χ2n) is 5.14. The Bertz CT molecular complexity index is 689. The van der Waals surface area contributed by atoms with Crippen molar-refractivity contribution in [1.29, 1.82) is 0 Å². The Hall–Kier alpha value is -1.40. The largest absolute Gasteiger partial charge is 0.284 e. The van der Waals surface area contributed by atoms with Crippen LogP contribution in [0, 0.1) is 0 Å². The van der Waals surface area contributed by atoms with Crippen molar-refractivity contribution in [2.45, 2.75) is 28.7 Å². The number of hydrogen-bond acceptors (Lipinski definition) is 3. The highest BCUT2D eigenvalue weighted by Crippen LogP contribution is 2.27. The number of thioether (sulfide) groups is 1. The Labute approximate surface area is 139 Å². The van der Waals surface area contributed by atoms with E-state index in [-0.39, 0.29) is 10.6 Å². The summed E-state index contributed by atoms with van der Waals surface area (Å²) in [5, 5.41) is -0.639. The number of aryl methyl sites for hydroxylation is 1. The van der Waals surface area contributed by atoms with Crippen LogP contribution in [-0.2, 0) is 16.3 Å². The molecule has 0 saturated heterocycles. The van der Waals surface area contributed by atoms with Gasteiger partial charge in [-0.05, 0) is 30.5 Å². The lowest BCUT2D eigenvalue weighted by atomic mass is 10.1. The fourth-order valence-corrected chi connectivity index (χ4v) is 5.09. The molecule has 0 bridgehead atoms. The minimum Gasteiger partial charge on any atom is -0.224 e. The molecule has 0 aliphatic heterocycles. The molecule has 6 heteroatoms. The predicted octanol–water partition coefficient (Wildman–Crippen LogP) is 4.42. The van der Waals surface area contributed by atoms with Crippen LogP contribution < -0.4 is 0 Å². The zero-order chi connectivity index (χ0) is 16.7.